The number of hydrogen-bond acceptors (Lipinski definition) is 2. The molecular weight excluding hydrogens is 262 g/mol. The second-order valence-corrected chi connectivity index (χ2v) is 6.84. The summed E-state index contributed by atoms with van der Waals surface area (Å²) in [5.41, 5.74) is 4.57. The minimum absolute atomic E-state index is 0.402. The van der Waals surface area contributed by atoms with Crippen LogP contribution in [0, 0.1) is 0 Å². The minimum atomic E-state index is 0.402. The maximum absolute atomic E-state index is 3.72. The lowest BCUT2D eigenvalue weighted by Crippen LogP contribution is -2.22. The van der Waals surface area contributed by atoms with Crippen molar-refractivity contribution in [3.05, 3.63) is 57.3 Å². The molecule has 0 radical (unpaired) electrons. The van der Waals surface area contributed by atoms with Crippen LogP contribution in [0.5, 0.6) is 0 Å². The Morgan fingerprint density at radius 3 is 2.55 bits per heavy atom. The molecule has 3 rings (SSSR count). The van der Waals surface area contributed by atoms with Gasteiger partial charge in [-0.1, -0.05) is 24.3 Å². The Balaban J connectivity index is 1.72. The van der Waals surface area contributed by atoms with Gasteiger partial charge in [-0.05, 0) is 67.7 Å². The fourth-order valence-corrected chi connectivity index (χ4v) is 3.86. The largest absolute Gasteiger partial charge is 0.303 e. The summed E-state index contributed by atoms with van der Waals surface area (Å²) >= 11 is 1.83. The summed E-state index contributed by atoms with van der Waals surface area (Å²) in [4.78, 5) is 1.41. The third-order valence-corrected chi connectivity index (χ3v) is 5.40. The van der Waals surface area contributed by atoms with Gasteiger partial charge < -0.3 is 5.32 Å². The average Bonchev–Trinajstić information content (AvgIpc) is 3.01. The van der Waals surface area contributed by atoms with Crippen LogP contribution in [-0.4, -0.2) is 0 Å². The van der Waals surface area contributed by atoms with Crippen LogP contribution in [0.15, 0.2) is 35.7 Å². The Hall–Kier alpha value is -1.12. The zero-order valence-electron chi connectivity index (χ0n) is 12.4. The molecule has 106 valence electrons. The normalized spacial score (nSPS) is 17.5. The quantitative estimate of drug-likeness (QED) is 0.830. The Morgan fingerprint density at radius 2 is 1.80 bits per heavy atom. The number of rotatable bonds is 4. The molecule has 0 fully saturated rings. The molecule has 1 aliphatic rings. The van der Waals surface area contributed by atoms with Gasteiger partial charge in [0.1, 0.15) is 0 Å². The predicted octanol–water partition coefficient (Wildman–Crippen LogP) is 5.04. The van der Waals surface area contributed by atoms with E-state index in [9.17, 15) is 0 Å². The van der Waals surface area contributed by atoms with Crippen molar-refractivity contribution in [2.75, 3.05) is 0 Å². The summed E-state index contributed by atoms with van der Waals surface area (Å²) in [6.07, 6.45) is 5.23. The van der Waals surface area contributed by atoms with E-state index in [1.165, 1.54) is 36.1 Å². The van der Waals surface area contributed by atoms with E-state index in [-0.39, 0.29) is 0 Å². The smallest absolute Gasteiger partial charge is 0.0391 e. The van der Waals surface area contributed by atoms with Crippen molar-refractivity contribution in [1.82, 2.24) is 5.32 Å². The van der Waals surface area contributed by atoms with Gasteiger partial charge in [-0.25, -0.2) is 0 Å². The Morgan fingerprint density at radius 1 is 1.00 bits per heavy atom. The first-order valence-corrected chi connectivity index (χ1v) is 8.53. The number of hydrogen-bond donors (Lipinski definition) is 1. The molecule has 0 bridgehead atoms. The molecule has 2 heteroatoms. The minimum Gasteiger partial charge on any atom is -0.303 e. The summed E-state index contributed by atoms with van der Waals surface area (Å²) in [5, 5.41) is 5.87. The molecular formula is C18H23NS. The molecule has 1 aromatic heterocycles. The second kappa shape index (κ2) is 6.11. The lowest BCUT2D eigenvalue weighted by molar-refractivity contribution is 0.499. The molecule has 1 aromatic carbocycles. The summed E-state index contributed by atoms with van der Waals surface area (Å²) < 4.78 is 0. The fraction of sp³-hybridized carbons (Fsp3) is 0.444. The third-order valence-electron chi connectivity index (χ3n) is 4.34. The van der Waals surface area contributed by atoms with Gasteiger partial charge in [0, 0.05) is 17.0 Å². The molecule has 0 amide bonds. The van der Waals surface area contributed by atoms with Crippen LogP contribution in [-0.2, 0) is 12.8 Å². The highest BCUT2D eigenvalue weighted by molar-refractivity contribution is 7.10. The van der Waals surface area contributed by atoms with Gasteiger partial charge in [0.15, 0.2) is 0 Å². The van der Waals surface area contributed by atoms with Crippen molar-refractivity contribution < 1.29 is 0 Å². The molecule has 0 saturated heterocycles. The van der Waals surface area contributed by atoms with Gasteiger partial charge in [0.05, 0.1) is 0 Å². The first kappa shape index (κ1) is 13.8. The highest BCUT2D eigenvalue weighted by Crippen LogP contribution is 2.27. The second-order valence-electron chi connectivity index (χ2n) is 5.86. The topological polar surface area (TPSA) is 12.0 Å². The van der Waals surface area contributed by atoms with Crippen molar-refractivity contribution in [3.8, 4) is 0 Å². The maximum Gasteiger partial charge on any atom is 0.0391 e. The summed E-state index contributed by atoms with van der Waals surface area (Å²) in [6.45, 7) is 4.52. The number of fused-ring (bicyclic) bond motifs is 1. The van der Waals surface area contributed by atoms with E-state index in [0.29, 0.717) is 12.1 Å². The molecule has 1 aliphatic carbocycles. The molecule has 0 spiro atoms. The molecule has 1 heterocycles. The van der Waals surface area contributed by atoms with Crippen LogP contribution in [0.1, 0.15) is 60.3 Å². The van der Waals surface area contributed by atoms with Gasteiger partial charge >= 0.3 is 0 Å². The average molecular weight is 285 g/mol. The summed E-state index contributed by atoms with van der Waals surface area (Å²) in [6, 6.07) is 12.2. The highest BCUT2D eigenvalue weighted by atomic mass is 32.1. The lowest BCUT2D eigenvalue weighted by atomic mass is 9.89. The fourth-order valence-electron chi connectivity index (χ4n) is 3.11. The summed E-state index contributed by atoms with van der Waals surface area (Å²) in [5.74, 6) is 0. The van der Waals surface area contributed by atoms with Crippen LogP contribution < -0.4 is 5.32 Å². The third kappa shape index (κ3) is 2.97. The number of benzene rings is 1. The molecule has 2 aromatic rings. The standard InChI is InChI=1S/C18H23NS/c1-13(19-14(2)18-8-5-11-20-18)16-10-9-15-6-3-4-7-17(15)12-16/h5,8-14,19H,3-4,6-7H2,1-2H3. The van der Waals surface area contributed by atoms with Crippen molar-refractivity contribution >= 4 is 11.3 Å². The van der Waals surface area contributed by atoms with E-state index < -0.39 is 0 Å². The van der Waals surface area contributed by atoms with E-state index >= 15 is 0 Å². The summed E-state index contributed by atoms with van der Waals surface area (Å²) in [7, 11) is 0. The molecule has 1 N–H and O–H groups in total. The van der Waals surface area contributed by atoms with E-state index in [1.807, 2.05) is 11.3 Å². The molecule has 1 nitrogen and oxygen atoms in total. The Kier molecular flexibility index (Phi) is 4.23. The van der Waals surface area contributed by atoms with E-state index in [2.05, 4.69) is 54.9 Å². The van der Waals surface area contributed by atoms with Crippen molar-refractivity contribution in [3.63, 3.8) is 0 Å². The zero-order chi connectivity index (χ0) is 13.9. The van der Waals surface area contributed by atoms with Crippen LogP contribution in [0.3, 0.4) is 0 Å². The van der Waals surface area contributed by atoms with Gasteiger partial charge in [-0.3, -0.25) is 0 Å². The number of aryl methyl sites for hydroxylation is 2. The molecule has 0 aliphatic heterocycles. The van der Waals surface area contributed by atoms with Gasteiger partial charge in [0.2, 0.25) is 0 Å². The monoisotopic (exact) mass is 285 g/mol. The lowest BCUT2D eigenvalue weighted by Gasteiger charge is -2.22. The maximum atomic E-state index is 3.72. The molecule has 2 atom stereocenters. The molecule has 20 heavy (non-hydrogen) atoms. The van der Waals surface area contributed by atoms with Gasteiger partial charge in [-0.15, -0.1) is 11.3 Å². The van der Waals surface area contributed by atoms with Crippen LogP contribution in [0.4, 0.5) is 0 Å². The van der Waals surface area contributed by atoms with E-state index in [0.717, 1.165) is 0 Å². The van der Waals surface area contributed by atoms with Gasteiger partial charge in [0.25, 0.3) is 0 Å². The van der Waals surface area contributed by atoms with Crippen molar-refractivity contribution in [2.45, 2.75) is 51.6 Å². The Bertz CT molecular complexity index is 559. The van der Waals surface area contributed by atoms with E-state index in [1.54, 1.807) is 11.1 Å². The first-order valence-electron chi connectivity index (χ1n) is 7.65. The van der Waals surface area contributed by atoms with Crippen LogP contribution in [0.25, 0.3) is 0 Å². The van der Waals surface area contributed by atoms with Crippen molar-refractivity contribution in [1.29, 1.82) is 0 Å². The van der Waals surface area contributed by atoms with Crippen molar-refractivity contribution in [2.24, 2.45) is 0 Å². The number of nitrogens with one attached hydrogen (secondary N) is 1. The number of thiophene rings is 1. The van der Waals surface area contributed by atoms with Gasteiger partial charge in [-0.2, -0.15) is 0 Å². The predicted molar refractivity (Wildman–Crippen MR) is 87.4 cm³/mol. The molecule has 0 saturated carbocycles. The zero-order valence-corrected chi connectivity index (χ0v) is 13.2. The van der Waals surface area contributed by atoms with E-state index in [4.69, 9.17) is 0 Å². The molecule has 2 unspecified atom stereocenters. The first-order chi connectivity index (χ1) is 9.74. The van der Waals surface area contributed by atoms with Crippen LogP contribution in [0.2, 0.25) is 0 Å². The highest BCUT2D eigenvalue weighted by Gasteiger charge is 2.15. The Labute approximate surface area is 126 Å². The SMILES string of the molecule is CC(NC(C)c1cccs1)c1ccc2c(c1)CCCC2. The van der Waals surface area contributed by atoms with Crippen LogP contribution >= 0.6 is 11.3 Å².